The molecule has 8 heteroatoms. The monoisotopic (exact) mass is 274 g/mol. The third kappa shape index (κ3) is 4.46. The van der Waals surface area contributed by atoms with E-state index >= 15 is 0 Å². The summed E-state index contributed by atoms with van der Waals surface area (Å²) in [5.74, 6) is -2.40. The van der Waals surface area contributed by atoms with Crippen LogP contribution in [-0.2, 0) is 21.2 Å². The van der Waals surface area contributed by atoms with Gasteiger partial charge in [-0.1, -0.05) is 17.9 Å². The molecule has 18 heavy (non-hydrogen) atoms. The lowest BCUT2D eigenvalue weighted by atomic mass is 9.95. The van der Waals surface area contributed by atoms with Crippen LogP contribution in [0.15, 0.2) is 18.2 Å². The molecule has 1 N–H and O–H groups in total. The Bertz CT molecular complexity index is 543. The molecule has 0 amide bonds. The Morgan fingerprint density at radius 2 is 2.11 bits per heavy atom. The van der Waals surface area contributed by atoms with Crippen LogP contribution in [0, 0.1) is 5.82 Å². The van der Waals surface area contributed by atoms with Gasteiger partial charge in [0.15, 0.2) is 0 Å². The Kier molecular flexibility index (Phi) is 4.86. The highest BCUT2D eigenvalue weighted by molar-refractivity contribution is 7.85. The van der Waals surface area contributed by atoms with Crippen LogP contribution in [0.4, 0.5) is 4.39 Å². The summed E-state index contributed by atoms with van der Waals surface area (Å²) in [6.45, 7) is -0.520. The minimum absolute atomic E-state index is 0.246. The summed E-state index contributed by atoms with van der Waals surface area (Å²) in [7, 11) is -2.35. The molecule has 1 aromatic rings. The molecule has 0 bridgehead atoms. The summed E-state index contributed by atoms with van der Waals surface area (Å²) >= 11 is 0. The molecule has 0 aliphatic heterocycles. The molecule has 0 saturated heterocycles. The fourth-order valence-electron chi connectivity index (χ4n) is 1.27. The van der Waals surface area contributed by atoms with Crippen molar-refractivity contribution in [3.63, 3.8) is 0 Å². The molecule has 0 aromatic heterocycles. The fourth-order valence-corrected chi connectivity index (χ4v) is 1.56. The smallest absolute Gasteiger partial charge is 0.341 e. The lowest BCUT2D eigenvalue weighted by Gasteiger charge is -2.06. The highest BCUT2D eigenvalue weighted by atomic mass is 32.2. The fraction of sp³-hybridized carbons (Fsp3) is 0.300. The van der Waals surface area contributed by atoms with Crippen molar-refractivity contribution >= 4 is 23.9 Å². The van der Waals surface area contributed by atoms with Crippen molar-refractivity contribution < 1.29 is 26.9 Å². The van der Waals surface area contributed by atoms with Crippen LogP contribution in [0.5, 0.6) is 0 Å². The summed E-state index contributed by atoms with van der Waals surface area (Å²) in [6.07, 6.45) is 0.631. The van der Waals surface area contributed by atoms with Crippen molar-refractivity contribution in [2.24, 2.45) is 0 Å². The van der Waals surface area contributed by atoms with Crippen LogP contribution in [0.1, 0.15) is 15.9 Å². The van der Waals surface area contributed by atoms with Gasteiger partial charge in [-0.2, -0.15) is 8.42 Å². The number of hydrogen-bond acceptors (Lipinski definition) is 4. The average Bonchev–Trinajstić information content (AvgIpc) is 2.27. The minimum atomic E-state index is -4.20. The van der Waals surface area contributed by atoms with E-state index in [0.717, 1.165) is 11.6 Å². The van der Waals surface area contributed by atoms with E-state index in [0.29, 0.717) is 6.32 Å². The molecule has 0 heterocycles. The summed E-state index contributed by atoms with van der Waals surface area (Å²) in [5.41, 5.74) is 0.516. The second-order valence-corrected chi connectivity index (χ2v) is 5.16. The number of halogens is 1. The van der Waals surface area contributed by atoms with E-state index in [1.54, 1.807) is 6.07 Å². The SMILES string of the molecule is BCc1ccc(F)c(C(=O)OCCS(=O)(=O)O)c1. The first kappa shape index (κ1) is 14.7. The van der Waals surface area contributed by atoms with Crippen LogP contribution in [0.25, 0.3) is 0 Å². The van der Waals surface area contributed by atoms with Crippen molar-refractivity contribution in [2.75, 3.05) is 12.4 Å². The predicted octanol–water partition coefficient (Wildman–Crippen LogP) is 0.00340. The standard InChI is InChI=1S/C10H12BFO5S/c11-6-7-1-2-9(12)8(5-7)10(13)17-3-4-18(14,15)16/h1-2,5H,3-4,6,11H2,(H,14,15,16). The number of esters is 1. The van der Waals surface area contributed by atoms with Crippen LogP contribution in [-0.4, -0.2) is 39.1 Å². The van der Waals surface area contributed by atoms with Crippen molar-refractivity contribution in [1.29, 1.82) is 0 Å². The predicted molar refractivity (Wildman–Crippen MR) is 65.3 cm³/mol. The van der Waals surface area contributed by atoms with Gasteiger partial charge in [-0.15, -0.1) is 0 Å². The number of carbonyl (C=O) groups is 1. The van der Waals surface area contributed by atoms with E-state index in [1.165, 1.54) is 6.07 Å². The van der Waals surface area contributed by atoms with Gasteiger partial charge in [-0.05, 0) is 12.1 Å². The van der Waals surface area contributed by atoms with E-state index in [4.69, 9.17) is 4.55 Å². The largest absolute Gasteiger partial charge is 0.461 e. The van der Waals surface area contributed by atoms with Crippen LogP contribution in [0.2, 0.25) is 0 Å². The lowest BCUT2D eigenvalue weighted by Crippen LogP contribution is -2.15. The van der Waals surface area contributed by atoms with E-state index in [9.17, 15) is 17.6 Å². The van der Waals surface area contributed by atoms with Gasteiger partial charge in [0.2, 0.25) is 0 Å². The van der Waals surface area contributed by atoms with Gasteiger partial charge in [-0.25, -0.2) is 9.18 Å². The molecular weight excluding hydrogens is 262 g/mol. The Labute approximate surface area is 105 Å². The van der Waals surface area contributed by atoms with Crippen molar-refractivity contribution in [1.82, 2.24) is 0 Å². The summed E-state index contributed by atoms with van der Waals surface area (Å²) < 4.78 is 47.2. The first-order chi connectivity index (χ1) is 8.33. The van der Waals surface area contributed by atoms with Gasteiger partial charge < -0.3 is 4.74 Å². The third-order valence-electron chi connectivity index (χ3n) is 2.23. The van der Waals surface area contributed by atoms with Crippen molar-refractivity contribution in [3.8, 4) is 0 Å². The normalized spacial score (nSPS) is 11.2. The molecule has 0 radical (unpaired) electrons. The van der Waals surface area contributed by atoms with Gasteiger partial charge in [0.05, 0.1) is 5.56 Å². The first-order valence-corrected chi connectivity index (χ1v) is 6.85. The Morgan fingerprint density at radius 3 is 2.67 bits per heavy atom. The topological polar surface area (TPSA) is 80.7 Å². The first-order valence-electron chi connectivity index (χ1n) is 5.24. The van der Waals surface area contributed by atoms with Crippen LogP contribution in [0.3, 0.4) is 0 Å². The zero-order chi connectivity index (χ0) is 13.8. The van der Waals surface area contributed by atoms with Gasteiger partial charge >= 0.3 is 5.97 Å². The van der Waals surface area contributed by atoms with E-state index in [-0.39, 0.29) is 5.56 Å². The van der Waals surface area contributed by atoms with Gasteiger partial charge in [-0.3, -0.25) is 4.55 Å². The maximum atomic E-state index is 13.3. The molecule has 0 fully saturated rings. The summed E-state index contributed by atoms with van der Waals surface area (Å²) in [5, 5.41) is 0. The molecule has 0 aliphatic rings. The van der Waals surface area contributed by atoms with Crippen LogP contribution < -0.4 is 0 Å². The molecule has 0 atom stereocenters. The maximum Gasteiger partial charge on any atom is 0.341 e. The molecule has 5 nitrogen and oxygen atoms in total. The highest BCUT2D eigenvalue weighted by Crippen LogP contribution is 2.12. The zero-order valence-corrected chi connectivity index (χ0v) is 10.5. The zero-order valence-electron chi connectivity index (χ0n) is 9.72. The molecule has 0 spiro atoms. The molecule has 0 saturated carbocycles. The van der Waals surface area contributed by atoms with Gasteiger partial charge in [0, 0.05) is 0 Å². The van der Waals surface area contributed by atoms with E-state index in [2.05, 4.69) is 4.74 Å². The molecule has 1 aromatic carbocycles. The van der Waals surface area contributed by atoms with Crippen molar-refractivity contribution in [3.05, 3.63) is 35.1 Å². The number of benzene rings is 1. The summed E-state index contributed by atoms with van der Waals surface area (Å²) in [6, 6.07) is 4.05. The lowest BCUT2D eigenvalue weighted by molar-refractivity contribution is 0.0523. The second-order valence-electron chi connectivity index (χ2n) is 3.59. The summed E-state index contributed by atoms with van der Waals surface area (Å²) in [4.78, 5) is 11.5. The maximum absolute atomic E-state index is 13.3. The van der Waals surface area contributed by atoms with Gasteiger partial charge in [0.25, 0.3) is 10.1 Å². The van der Waals surface area contributed by atoms with E-state index in [1.807, 2.05) is 7.85 Å². The molecular formula is C10H12BFO5S. The molecule has 0 unspecified atom stereocenters. The van der Waals surface area contributed by atoms with Gasteiger partial charge in [0.1, 0.15) is 26.0 Å². The Hall–Kier alpha value is -1.41. The highest BCUT2D eigenvalue weighted by Gasteiger charge is 2.15. The number of ether oxygens (including phenoxy) is 1. The minimum Gasteiger partial charge on any atom is -0.461 e. The number of hydrogen-bond donors (Lipinski definition) is 1. The number of carbonyl (C=O) groups excluding carboxylic acids is 1. The quantitative estimate of drug-likeness (QED) is 0.464. The average molecular weight is 274 g/mol. The molecule has 1 rings (SSSR count). The third-order valence-corrected chi connectivity index (χ3v) is 2.92. The molecule has 0 aliphatic carbocycles. The van der Waals surface area contributed by atoms with E-state index < -0.39 is 34.3 Å². The molecule has 98 valence electrons. The van der Waals surface area contributed by atoms with Crippen LogP contribution >= 0.6 is 0 Å². The van der Waals surface area contributed by atoms with Crippen molar-refractivity contribution in [2.45, 2.75) is 6.32 Å². The Morgan fingerprint density at radius 1 is 1.44 bits per heavy atom. The Balaban J connectivity index is 2.72. The second kappa shape index (κ2) is 5.97. The number of rotatable bonds is 5.